The van der Waals surface area contributed by atoms with Crippen LogP contribution >= 0.6 is 22.9 Å². The lowest BCUT2D eigenvalue weighted by atomic mass is 10.1. The van der Waals surface area contributed by atoms with Crippen LogP contribution in [0, 0.1) is 5.82 Å². The molecule has 1 aliphatic rings. The second-order valence-corrected chi connectivity index (χ2v) is 8.82. The molecule has 29 heavy (non-hydrogen) atoms. The van der Waals surface area contributed by atoms with Crippen LogP contribution in [0.5, 0.6) is 0 Å². The normalized spacial score (nSPS) is 15.7. The molecule has 0 spiro atoms. The summed E-state index contributed by atoms with van der Waals surface area (Å²) in [5.74, 6) is -0.601. The van der Waals surface area contributed by atoms with E-state index in [4.69, 9.17) is 11.6 Å². The molecule has 0 aliphatic carbocycles. The molecule has 1 fully saturated rings. The number of halogens is 2. The third-order valence-corrected chi connectivity index (χ3v) is 6.89. The van der Waals surface area contributed by atoms with Crippen LogP contribution in [0.1, 0.15) is 33.6 Å². The monoisotopic (exact) mass is 432 g/mol. The second-order valence-electron chi connectivity index (χ2n) is 7.39. The second kappa shape index (κ2) is 8.79. The summed E-state index contributed by atoms with van der Waals surface area (Å²) in [6, 6.07) is 12.5. The summed E-state index contributed by atoms with van der Waals surface area (Å²) in [6.45, 7) is 3.10. The number of carbonyl (C=O) groups is 1. The highest BCUT2D eigenvalue weighted by Crippen LogP contribution is 2.35. The number of aliphatic hydroxyl groups is 1. The van der Waals surface area contributed by atoms with Crippen LogP contribution in [0.15, 0.2) is 42.5 Å². The molecule has 0 bridgehead atoms. The lowest BCUT2D eigenvalue weighted by molar-refractivity contribution is 0.0792. The smallest absolute Gasteiger partial charge is 0.263 e. The predicted molar refractivity (Wildman–Crippen MR) is 115 cm³/mol. The molecule has 3 aromatic rings. The zero-order valence-electron chi connectivity index (χ0n) is 15.8. The average molecular weight is 433 g/mol. The summed E-state index contributed by atoms with van der Waals surface area (Å²) in [7, 11) is 0. The first-order valence-electron chi connectivity index (χ1n) is 9.63. The van der Waals surface area contributed by atoms with Gasteiger partial charge >= 0.3 is 0 Å². The summed E-state index contributed by atoms with van der Waals surface area (Å²) in [5, 5.41) is 13.6. The minimum absolute atomic E-state index is 0.161. The van der Waals surface area contributed by atoms with Crippen LogP contribution in [0.2, 0.25) is 5.02 Å². The average Bonchev–Trinajstić information content (AvgIpc) is 3.04. The van der Waals surface area contributed by atoms with Crippen LogP contribution in [-0.4, -0.2) is 35.1 Å². The maximum absolute atomic E-state index is 13.4. The molecule has 2 heterocycles. The molecule has 4 nitrogen and oxygen atoms in total. The van der Waals surface area contributed by atoms with Gasteiger partial charge in [0.1, 0.15) is 10.7 Å². The quantitative estimate of drug-likeness (QED) is 0.620. The number of rotatable bonds is 5. The highest BCUT2D eigenvalue weighted by atomic mass is 35.5. The highest BCUT2D eigenvalue weighted by Gasteiger charge is 2.18. The summed E-state index contributed by atoms with van der Waals surface area (Å²) in [5.41, 5.74) is 2.21. The van der Waals surface area contributed by atoms with Crippen LogP contribution < -0.4 is 5.32 Å². The van der Waals surface area contributed by atoms with Crippen LogP contribution in [0.4, 0.5) is 4.39 Å². The largest absolute Gasteiger partial charge is 0.393 e. The lowest BCUT2D eigenvalue weighted by Crippen LogP contribution is -2.35. The number of nitrogens with one attached hydrogen (secondary N) is 1. The van der Waals surface area contributed by atoms with E-state index in [-0.39, 0.29) is 17.8 Å². The van der Waals surface area contributed by atoms with Gasteiger partial charge in [-0.3, -0.25) is 9.69 Å². The molecule has 1 aromatic heterocycles. The molecule has 2 N–H and O–H groups in total. The van der Waals surface area contributed by atoms with Crippen molar-refractivity contribution in [3.05, 3.63) is 69.3 Å². The van der Waals surface area contributed by atoms with E-state index in [0.717, 1.165) is 38.0 Å². The molecular weight excluding hydrogens is 411 g/mol. The Morgan fingerprint density at radius 3 is 2.59 bits per heavy atom. The Bertz CT molecular complexity index is 1010. The van der Waals surface area contributed by atoms with Gasteiger partial charge in [-0.05, 0) is 42.2 Å². The molecule has 152 valence electrons. The van der Waals surface area contributed by atoms with Gasteiger partial charge in [-0.15, -0.1) is 11.3 Å². The Morgan fingerprint density at radius 1 is 1.17 bits per heavy atom. The number of carbonyl (C=O) groups excluding carboxylic acids is 1. The zero-order valence-corrected chi connectivity index (χ0v) is 17.4. The van der Waals surface area contributed by atoms with E-state index < -0.39 is 0 Å². The van der Waals surface area contributed by atoms with E-state index in [9.17, 15) is 14.3 Å². The van der Waals surface area contributed by atoms with Gasteiger partial charge in [-0.1, -0.05) is 35.9 Å². The molecule has 1 aliphatic heterocycles. The molecular formula is C22H22ClFN2O2S. The Labute approximate surface area is 177 Å². The van der Waals surface area contributed by atoms with Crippen molar-refractivity contribution in [2.24, 2.45) is 0 Å². The number of thiophene rings is 1. The van der Waals surface area contributed by atoms with E-state index >= 15 is 0 Å². The lowest BCUT2D eigenvalue weighted by Gasteiger charge is -2.29. The molecule has 1 amide bonds. The minimum atomic E-state index is -0.344. The Morgan fingerprint density at radius 2 is 1.86 bits per heavy atom. The summed E-state index contributed by atoms with van der Waals surface area (Å²) < 4.78 is 14.1. The molecule has 1 saturated heterocycles. The summed E-state index contributed by atoms with van der Waals surface area (Å²) in [4.78, 5) is 15.3. The molecule has 4 rings (SSSR count). The third-order valence-electron chi connectivity index (χ3n) is 5.24. The van der Waals surface area contributed by atoms with Crippen molar-refractivity contribution in [3.8, 4) is 0 Å². The molecule has 0 saturated carbocycles. The fourth-order valence-corrected chi connectivity index (χ4v) is 5.00. The SMILES string of the molecule is O=C(NCc1ccc(CN2CCC(O)CC2)cc1)c1sc2cc(F)ccc2c1Cl. The molecule has 2 aromatic carbocycles. The van der Waals surface area contributed by atoms with Gasteiger partial charge in [-0.2, -0.15) is 0 Å². The summed E-state index contributed by atoms with van der Waals surface area (Å²) in [6.07, 6.45) is 1.50. The van der Waals surface area contributed by atoms with Gasteiger partial charge in [0.25, 0.3) is 5.91 Å². The maximum atomic E-state index is 13.4. The zero-order chi connectivity index (χ0) is 20.4. The van der Waals surface area contributed by atoms with E-state index in [1.807, 2.05) is 12.1 Å². The predicted octanol–water partition coefficient (Wildman–Crippen LogP) is 4.58. The van der Waals surface area contributed by atoms with Crippen molar-refractivity contribution in [2.75, 3.05) is 13.1 Å². The Kier molecular flexibility index (Phi) is 6.15. The van der Waals surface area contributed by atoms with Crippen molar-refractivity contribution in [1.82, 2.24) is 10.2 Å². The van der Waals surface area contributed by atoms with E-state index in [1.54, 1.807) is 6.07 Å². The number of aliphatic hydroxyl groups excluding tert-OH is 1. The van der Waals surface area contributed by atoms with Crippen molar-refractivity contribution < 1.29 is 14.3 Å². The number of amides is 1. The van der Waals surface area contributed by atoms with Crippen molar-refractivity contribution in [2.45, 2.75) is 32.0 Å². The first-order valence-corrected chi connectivity index (χ1v) is 10.8. The fourth-order valence-electron chi connectivity index (χ4n) is 3.55. The standard InChI is InChI=1S/C22H22ClFN2O2S/c23-20-18-6-5-16(24)11-19(18)29-21(20)22(28)25-12-14-1-3-15(4-2-14)13-26-9-7-17(27)8-10-26/h1-6,11,17,27H,7-10,12-13H2,(H,25,28). The van der Waals surface area contributed by atoms with Crippen molar-refractivity contribution in [3.63, 3.8) is 0 Å². The van der Waals surface area contributed by atoms with Gasteiger partial charge in [0.15, 0.2) is 0 Å². The Balaban J connectivity index is 1.35. The molecule has 0 atom stereocenters. The molecule has 0 radical (unpaired) electrons. The maximum Gasteiger partial charge on any atom is 0.263 e. The van der Waals surface area contributed by atoms with Gasteiger partial charge < -0.3 is 10.4 Å². The number of fused-ring (bicyclic) bond motifs is 1. The number of likely N-dealkylation sites (tertiary alicyclic amines) is 1. The highest BCUT2D eigenvalue weighted by molar-refractivity contribution is 7.21. The first kappa shape index (κ1) is 20.3. The van der Waals surface area contributed by atoms with Crippen LogP contribution in [0.25, 0.3) is 10.1 Å². The number of nitrogens with zero attached hydrogens (tertiary/aromatic N) is 1. The van der Waals surface area contributed by atoms with E-state index in [0.29, 0.717) is 26.5 Å². The van der Waals surface area contributed by atoms with Gasteiger partial charge in [0.2, 0.25) is 0 Å². The van der Waals surface area contributed by atoms with Gasteiger partial charge in [0.05, 0.1) is 11.1 Å². The minimum Gasteiger partial charge on any atom is -0.393 e. The first-order chi connectivity index (χ1) is 14.0. The third kappa shape index (κ3) is 4.78. The van der Waals surface area contributed by atoms with E-state index in [2.05, 4.69) is 22.3 Å². The topological polar surface area (TPSA) is 52.6 Å². The number of hydrogen-bond acceptors (Lipinski definition) is 4. The van der Waals surface area contributed by atoms with E-state index in [1.165, 1.54) is 29.0 Å². The van der Waals surface area contributed by atoms with Crippen LogP contribution in [-0.2, 0) is 13.1 Å². The molecule has 0 unspecified atom stereocenters. The Hall–Kier alpha value is -1.99. The number of hydrogen-bond donors (Lipinski definition) is 2. The van der Waals surface area contributed by atoms with Crippen LogP contribution in [0.3, 0.4) is 0 Å². The van der Waals surface area contributed by atoms with Crippen molar-refractivity contribution >= 4 is 38.9 Å². The number of piperidine rings is 1. The number of benzene rings is 2. The molecule has 7 heteroatoms. The van der Waals surface area contributed by atoms with Gasteiger partial charge in [-0.25, -0.2) is 4.39 Å². The summed E-state index contributed by atoms with van der Waals surface area (Å²) >= 11 is 7.51. The van der Waals surface area contributed by atoms with Crippen molar-refractivity contribution in [1.29, 1.82) is 0 Å². The fraction of sp³-hybridized carbons (Fsp3) is 0.318. The van der Waals surface area contributed by atoms with Gasteiger partial charge in [0, 0.05) is 36.3 Å².